The van der Waals surface area contributed by atoms with Gasteiger partial charge in [-0.2, -0.15) is 20.4 Å². The monoisotopic (exact) mass is 268 g/mol. The van der Waals surface area contributed by atoms with Crippen LogP contribution in [0, 0.1) is 27.7 Å². The first-order valence-electron chi connectivity index (χ1n) is 6.20. The van der Waals surface area contributed by atoms with Crippen molar-refractivity contribution < 1.29 is 9.59 Å². The molecule has 2 aromatic rings. The van der Waals surface area contributed by atoms with E-state index in [4.69, 9.17) is 0 Å². The Bertz CT molecular complexity index is 667. The van der Waals surface area contributed by atoms with Gasteiger partial charge in [0.2, 0.25) is 0 Å². The quantitative estimate of drug-likeness (QED) is 0.610. The van der Waals surface area contributed by atoms with Gasteiger partial charge in [-0.05, 0) is 27.7 Å². The van der Waals surface area contributed by atoms with E-state index in [1.165, 1.54) is 0 Å². The van der Waals surface area contributed by atoms with E-state index in [1.807, 2.05) is 0 Å². The van der Waals surface area contributed by atoms with Gasteiger partial charge in [-0.1, -0.05) is 0 Å². The standard InChI is InChI=1S/C14H12N4O2/c1-5-9-10(6(2)16-15-5)14(20)12-8(4)18-17-7(3)11(12)13(9)19/h1-4H3. The van der Waals surface area contributed by atoms with Gasteiger partial charge in [0.05, 0.1) is 45.0 Å². The molecule has 100 valence electrons. The van der Waals surface area contributed by atoms with Gasteiger partial charge in [-0.15, -0.1) is 0 Å². The molecule has 0 aromatic carbocycles. The Hall–Kier alpha value is -2.50. The van der Waals surface area contributed by atoms with Crippen molar-refractivity contribution in [2.24, 2.45) is 0 Å². The van der Waals surface area contributed by atoms with Crippen LogP contribution in [0.2, 0.25) is 0 Å². The number of hydrogen-bond acceptors (Lipinski definition) is 6. The van der Waals surface area contributed by atoms with Crippen LogP contribution in [0.15, 0.2) is 0 Å². The SMILES string of the molecule is Cc1nnc(C)c2c1C(=O)c1c(C)nnc(C)c1C2=O. The van der Waals surface area contributed by atoms with Crippen molar-refractivity contribution in [2.75, 3.05) is 0 Å². The van der Waals surface area contributed by atoms with Crippen LogP contribution in [0.4, 0.5) is 0 Å². The van der Waals surface area contributed by atoms with E-state index in [1.54, 1.807) is 27.7 Å². The maximum atomic E-state index is 12.7. The molecule has 0 amide bonds. The highest BCUT2D eigenvalue weighted by Crippen LogP contribution is 2.31. The molecule has 1 aliphatic carbocycles. The topological polar surface area (TPSA) is 85.7 Å². The second kappa shape index (κ2) is 4.00. The molecule has 0 saturated heterocycles. The van der Waals surface area contributed by atoms with E-state index in [-0.39, 0.29) is 11.6 Å². The van der Waals surface area contributed by atoms with Crippen LogP contribution in [-0.2, 0) is 0 Å². The largest absolute Gasteiger partial charge is 0.288 e. The van der Waals surface area contributed by atoms with Crippen molar-refractivity contribution in [3.05, 3.63) is 45.0 Å². The first-order valence-corrected chi connectivity index (χ1v) is 6.20. The predicted molar refractivity (Wildman–Crippen MR) is 69.9 cm³/mol. The van der Waals surface area contributed by atoms with Gasteiger partial charge in [-0.25, -0.2) is 0 Å². The predicted octanol–water partition coefficient (Wildman–Crippen LogP) is 1.28. The van der Waals surface area contributed by atoms with Gasteiger partial charge in [0.15, 0.2) is 11.6 Å². The number of fused-ring (bicyclic) bond motifs is 2. The lowest BCUT2D eigenvalue weighted by atomic mass is 9.82. The minimum Gasteiger partial charge on any atom is -0.288 e. The van der Waals surface area contributed by atoms with Crippen LogP contribution >= 0.6 is 0 Å². The molecule has 0 radical (unpaired) electrons. The summed E-state index contributed by atoms with van der Waals surface area (Å²) in [6, 6.07) is 0. The molecule has 20 heavy (non-hydrogen) atoms. The molecule has 0 unspecified atom stereocenters. The summed E-state index contributed by atoms with van der Waals surface area (Å²) in [5, 5.41) is 15.8. The molecule has 6 nitrogen and oxygen atoms in total. The second-order valence-corrected chi connectivity index (χ2v) is 4.90. The molecule has 0 fully saturated rings. The maximum Gasteiger partial charge on any atom is 0.198 e. The summed E-state index contributed by atoms with van der Waals surface area (Å²) in [5.74, 6) is -0.443. The van der Waals surface area contributed by atoms with E-state index in [9.17, 15) is 9.59 Å². The highest BCUT2D eigenvalue weighted by molar-refractivity contribution is 6.29. The van der Waals surface area contributed by atoms with E-state index in [0.717, 1.165) is 0 Å². The van der Waals surface area contributed by atoms with Gasteiger partial charge in [0, 0.05) is 0 Å². The van der Waals surface area contributed by atoms with Crippen LogP contribution in [0.5, 0.6) is 0 Å². The van der Waals surface area contributed by atoms with E-state index in [0.29, 0.717) is 45.0 Å². The van der Waals surface area contributed by atoms with Crippen molar-refractivity contribution in [1.82, 2.24) is 20.4 Å². The first kappa shape index (κ1) is 12.5. The Labute approximate surface area is 115 Å². The van der Waals surface area contributed by atoms with Gasteiger partial charge >= 0.3 is 0 Å². The minimum absolute atomic E-state index is 0.222. The van der Waals surface area contributed by atoms with Gasteiger partial charge in [-0.3, -0.25) is 9.59 Å². The van der Waals surface area contributed by atoms with Crippen LogP contribution in [0.25, 0.3) is 0 Å². The zero-order valence-corrected chi connectivity index (χ0v) is 11.6. The smallest absolute Gasteiger partial charge is 0.198 e. The van der Waals surface area contributed by atoms with Crippen molar-refractivity contribution in [2.45, 2.75) is 27.7 Å². The molecule has 0 N–H and O–H groups in total. The summed E-state index contributed by atoms with van der Waals surface area (Å²) in [6.07, 6.45) is 0. The number of carbonyl (C=O) groups excluding carboxylic acids is 2. The van der Waals surface area contributed by atoms with Crippen LogP contribution in [0.1, 0.15) is 54.6 Å². The highest BCUT2D eigenvalue weighted by atomic mass is 16.1. The third-order valence-corrected chi connectivity index (χ3v) is 3.56. The Balaban J connectivity index is 2.46. The highest BCUT2D eigenvalue weighted by Gasteiger charge is 2.36. The number of rotatable bonds is 0. The summed E-state index contributed by atoms with van der Waals surface area (Å²) < 4.78 is 0. The Kier molecular flexibility index (Phi) is 2.50. The fourth-order valence-corrected chi connectivity index (χ4v) is 2.58. The van der Waals surface area contributed by atoms with Crippen LogP contribution in [-0.4, -0.2) is 32.0 Å². The third kappa shape index (κ3) is 1.44. The number of nitrogens with zero attached hydrogens (tertiary/aromatic N) is 4. The first-order chi connectivity index (χ1) is 9.43. The third-order valence-electron chi connectivity index (χ3n) is 3.56. The molecule has 0 aliphatic heterocycles. The summed E-state index contributed by atoms with van der Waals surface area (Å²) in [6.45, 7) is 6.72. The Morgan fingerprint density at radius 1 is 0.500 bits per heavy atom. The van der Waals surface area contributed by atoms with Gasteiger partial charge in [0.1, 0.15) is 0 Å². The Morgan fingerprint density at radius 3 is 0.900 bits per heavy atom. The second-order valence-electron chi connectivity index (χ2n) is 4.90. The number of hydrogen-bond donors (Lipinski definition) is 0. The van der Waals surface area contributed by atoms with Crippen molar-refractivity contribution >= 4 is 11.6 Å². The van der Waals surface area contributed by atoms with E-state index in [2.05, 4.69) is 20.4 Å². The zero-order valence-electron chi connectivity index (χ0n) is 11.6. The fourth-order valence-electron chi connectivity index (χ4n) is 2.58. The van der Waals surface area contributed by atoms with Crippen molar-refractivity contribution in [3.8, 4) is 0 Å². The molecule has 0 atom stereocenters. The molecule has 0 bridgehead atoms. The number of aryl methyl sites for hydroxylation is 4. The molecular formula is C14H12N4O2. The maximum absolute atomic E-state index is 12.7. The molecule has 1 aliphatic rings. The minimum atomic E-state index is -0.222. The number of aromatic nitrogens is 4. The molecular weight excluding hydrogens is 256 g/mol. The van der Waals surface area contributed by atoms with E-state index < -0.39 is 0 Å². The average molecular weight is 268 g/mol. The van der Waals surface area contributed by atoms with Gasteiger partial charge in [0.25, 0.3) is 0 Å². The van der Waals surface area contributed by atoms with Crippen LogP contribution in [0.3, 0.4) is 0 Å². The summed E-state index contributed by atoms with van der Waals surface area (Å²) in [5.41, 5.74) is 3.20. The summed E-state index contributed by atoms with van der Waals surface area (Å²) in [7, 11) is 0. The normalized spacial score (nSPS) is 13.2. The van der Waals surface area contributed by atoms with Crippen LogP contribution < -0.4 is 0 Å². The lowest BCUT2D eigenvalue weighted by Gasteiger charge is -2.21. The Morgan fingerprint density at radius 2 is 0.700 bits per heavy atom. The zero-order chi connectivity index (χ0) is 14.6. The number of ketones is 2. The molecule has 6 heteroatoms. The lowest BCUT2D eigenvalue weighted by molar-refractivity contribution is 0.0974. The number of carbonyl (C=O) groups is 2. The lowest BCUT2D eigenvalue weighted by Crippen LogP contribution is -2.27. The van der Waals surface area contributed by atoms with E-state index >= 15 is 0 Å². The molecule has 0 spiro atoms. The summed E-state index contributed by atoms with van der Waals surface area (Å²) in [4.78, 5) is 25.4. The molecule has 3 rings (SSSR count). The summed E-state index contributed by atoms with van der Waals surface area (Å²) >= 11 is 0. The molecule has 2 aromatic heterocycles. The fraction of sp³-hybridized carbons (Fsp3) is 0.286. The average Bonchev–Trinajstić information content (AvgIpc) is 2.41. The molecule has 2 heterocycles. The van der Waals surface area contributed by atoms with Gasteiger partial charge < -0.3 is 0 Å². The van der Waals surface area contributed by atoms with Crippen molar-refractivity contribution in [1.29, 1.82) is 0 Å². The van der Waals surface area contributed by atoms with Crippen molar-refractivity contribution in [3.63, 3.8) is 0 Å². The molecule has 0 saturated carbocycles.